The monoisotopic (exact) mass is 365 g/mol. The van der Waals surface area contributed by atoms with Crippen molar-refractivity contribution in [2.45, 2.75) is 31.9 Å². The summed E-state index contributed by atoms with van der Waals surface area (Å²) in [5.74, 6) is 0.0120. The molecule has 27 heavy (non-hydrogen) atoms. The molecule has 1 unspecified atom stereocenters. The zero-order valence-corrected chi connectivity index (χ0v) is 15.4. The average molecular weight is 365 g/mol. The highest BCUT2D eigenvalue weighted by molar-refractivity contribution is 6.00. The second-order valence-electron chi connectivity index (χ2n) is 7.31. The van der Waals surface area contributed by atoms with Crippen LogP contribution in [0.4, 0.5) is 0 Å². The summed E-state index contributed by atoms with van der Waals surface area (Å²) < 4.78 is 1.72. The van der Waals surface area contributed by atoms with Crippen molar-refractivity contribution in [2.24, 2.45) is 13.0 Å². The quantitative estimate of drug-likeness (QED) is 0.647. The van der Waals surface area contributed by atoms with Gasteiger partial charge in [0, 0.05) is 24.4 Å². The van der Waals surface area contributed by atoms with E-state index in [2.05, 4.69) is 20.6 Å². The van der Waals surface area contributed by atoms with Gasteiger partial charge in [-0.25, -0.2) is 0 Å². The summed E-state index contributed by atoms with van der Waals surface area (Å²) in [7, 11) is 1.85. The van der Waals surface area contributed by atoms with Gasteiger partial charge in [-0.05, 0) is 31.7 Å². The number of carbonyl (C=O) groups is 1. The van der Waals surface area contributed by atoms with Gasteiger partial charge in [0.1, 0.15) is 0 Å². The minimum absolute atomic E-state index is 0.185. The first-order valence-corrected chi connectivity index (χ1v) is 9.09. The number of nitrogens with one attached hydrogen (secondary N) is 2. The number of H-pyrrole nitrogens is 1. The Bertz CT molecular complexity index is 955. The number of aryl methyl sites for hydroxylation is 2. The van der Waals surface area contributed by atoms with E-state index >= 15 is 0 Å². The van der Waals surface area contributed by atoms with E-state index in [4.69, 9.17) is 0 Å². The normalized spacial score (nSPS) is 20.1. The van der Waals surface area contributed by atoms with Crippen LogP contribution in [0.15, 0.2) is 42.9 Å². The third kappa shape index (κ3) is 3.50. The molecular weight excluding hydrogens is 342 g/mol. The number of carbonyl (C=O) groups excluding carboxylic acids is 1. The maximum Gasteiger partial charge on any atom is 0.255 e. The number of hydrogen-bond donors (Lipinski definition) is 3. The van der Waals surface area contributed by atoms with Crippen molar-refractivity contribution in [3.05, 3.63) is 59.5 Å². The molecule has 2 aromatic heterocycles. The molecule has 1 saturated carbocycles. The molecule has 0 bridgehead atoms. The van der Waals surface area contributed by atoms with Crippen molar-refractivity contribution in [1.29, 1.82) is 0 Å². The lowest BCUT2D eigenvalue weighted by molar-refractivity contribution is 0.0235. The maximum absolute atomic E-state index is 13.0. The van der Waals surface area contributed by atoms with Gasteiger partial charge in [0.25, 0.3) is 5.91 Å². The van der Waals surface area contributed by atoms with Crippen LogP contribution >= 0.6 is 0 Å². The van der Waals surface area contributed by atoms with Crippen LogP contribution in [0.1, 0.15) is 40.4 Å². The molecule has 1 fully saturated rings. The Morgan fingerprint density at radius 1 is 1.37 bits per heavy atom. The molecule has 0 radical (unpaired) electrons. The summed E-state index contributed by atoms with van der Waals surface area (Å²) in [5.41, 5.74) is 4.20. The van der Waals surface area contributed by atoms with Gasteiger partial charge in [-0.3, -0.25) is 14.6 Å². The molecule has 0 saturated heterocycles. The fourth-order valence-electron chi connectivity index (χ4n) is 3.67. The van der Waals surface area contributed by atoms with Crippen LogP contribution < -0.4 is 5.32 Å². The molecule has 7 nitrogen and oxygen atoms in total. The van der Waals surface area contributed by atoms with E-state index in [9.17, 15) is 9.90 Å². The summed E-state index contributed by atoms with van der Waals surface area (Å²) in [6.07, 6.45) is 6.30. The number of amides is 1. The molecule has 140 valence electrons. The smallest absolute Gasteiger partial charge is 0.255 e. The van der Waals surface area contributed by atoms with Crippen LogP contribution in [0.2, 0.25) is 0 Å². The van der Waals surface area contributed by atoms with Gasteiger partial charge in [-0.2, -0.15) is 10.2 Å². The third-order valence-electron chi connectivity index (χ3n) is 5.18. The standard InChI is InChI=1S/C20H23N5O2/c1-12-4-3-5-13(6-12)19-17(10-21-24-19)20(27)23-18(14-7-16(26)8-14)15-9-22-25(2)11-15/h3-6,9-11,14,16,18,26H,7-8H2,1-2H3,(H,21,24)(H,23,27). The van der Waals surface area contributed by atoms with Crippen LogP contribution in [-0.2, 0) is 7.05 Å². The van der Waals surface area contributed by atoms with Crippen LogP contribution in [-0.4, -0.2) is 37.1 Å². The van der Waals surface area contributed by atoms with Gasteiger partial charge in [0.2, 0.25) is 0 Å². The van der Waals surface area contributed by atoms with Crippen LogP contribution in [0.5, 0.6) is 0 Å². The first kappa shape index (κ1) is 17.5. The molecule has 3 aromatic rings. The number of benzene rings is 1. The second-order valence-corrected chi connectivity index (χ2v) is 7.31. The van der Waals surface area contributed by atoms with Gasteiger partial charge in [-0.1, -0.05) is 23.8 Å². The van der Waals surface area contributed by atoms with Crippen molar-refractivity contribution in [2.75, 3.05) is 0 Å². The topological polar surface area (TPSA) is 95.8 Å². The predicted octanol–water partition coefficient (Wildman–Crippen LogP) is 2.36. The molecule has 1 amide bonds. The molecule has 1 aliphatic carbocycles. The number of aromatic amines is 1. The van der Waals surface area contributed by atoms with Crippen LogP contribution in [0, 0.1) is 12.8 Å². The SMILES string of the molecule is Cc1cccc(-c2[nH]ncc2C(=O)NC(c2cnn(C)c2)C2CC(O)C2)c1. The number of nitrogens with zero attached hydrogens (tertiary/aromatic N) is 3. The Morgan fingerprint density at radius 3 is 2.85 bits per heavy atom. The highest BCUT2D eigenvalue weighted by Crippen LogP contribution is 2.38. The first-order chi connectivity index (χ1) is 13.0. The van der Waals surface area contributed by atoms with Gasteiger partial charge in [0.05, 0.1) is 35.8 Å². The molecule has 7 heteroatoms. The lowest BCUT2D eigenvalue weighted by Gasteiger charge is -2.37. The highest BCUT2D eigenvalue weighted by atomic mass is 16.3. The fourth-order valence-corrected chi connectivity index (χ4v) is 3.67. The second kappa shape index (κ2) is 7.00. The fraction of sp³-hybridized carbons (Fsp3) is 0.350. The third-order valence-corrected chi connectivity index (χ3v) is 5.18. The molecule has 1 aromatic carbocycles. The largest absolute Gasteiger partial charge is 0.393 e. The lowest BCUT2D eigenvalue weighted by atomic mass is 9.75. The number of hydrogen-bond acceptors (Lipinski definition) is 4. The minimum Gasteiger partial charge on any atom is -0.393 e. The lowest BCUT2D eigenvalue weighted by Crippen LogP contribution is -2.41. The van der Waals surface area contributed by atoms with E-state index in [1.54, 1.807) is 17.1 Å². The summed E-state index contributed by atoms with van der Waals surface area (Å²) in [5, 5.41) is 24.1. The van der Waals surface area contributed by atoms with Crippen molar-refractivity contribution >= 4 is 5.91 Å². The molecule has 1 aliphatic rings. The van der Waals surface area contributed by atoms with Crippen molar-refractivity contribution in [3.8, 4) is 11.3 Å². The van der Waals surface area contributed by atoms with Crippen LogP contribution in [0.3, 0.4) is 0 Å². The van der Waals surface area contributed by atoms with E-state index in [1.165, 1.54) is 0 Å². The molecule has 0 aliphatic heterocycles. The number of aliphatic hydroxyl groups excluding tert-OH is 1. The highest BCUT2D eigenvalue weighted by Gasteiger charge is 2.36. The van der Waals surface area contributed by atoms with Gasteiger partial charge >= 0.3 is 0 Å². The Hall–Kier alpha value is -2.93. The molecular formula is C20H23N5O2. The summed E-state index contributed by atoms with van der Waals surface area (Å²) in [4.78, 5) is 13.0. The van der Waals surface area contributed by atoms with E-state index < -0.39 is 0 Å². The van der Waals surface area contributed by atoms with Gasteiger partial charge < -0.3 is 10.4 Å². The minimum atomic E-state index is -0.289. The Labute approximate surface area is 157 Å². The maximum atomic E-state index is 13.0. The van der Waals surface area contributed by atoms with E-state index in [0.717, 1.165) is 16.7 Å². The van der Waals surface area contributed by atoms with Gasteiger partial charge in [-0.15, -0.1) is 0 Å². The van der Waals surface area contributed by atoms with Crippen molar-refractivity contribution < 1.29 is 9.90 Å². The van der Waals surface area contributed by atoms with Crippen LogP contribution in [0.25, 0.3) is 11.3 Å². The van der Waals surface area contributed by atoms with E-state index in [0.29, 0.717) is 24.1 Å². The number of aromatic nitrogens is 4. The predicted molar refractivity (Wildman–Crippen MR) is 101 cm³/mol. The number of rotatable bonds is 5. The summed E-state index contributed by atoms with van der Waals surface area (Å²) in [6, 6.07) is 7.76. The van der Waals surface area contributed by atoms with Crippen molar-refractivity contribution in [1.82, 2.24) is 25.3 Å². The number of aliphatic hydroxyl groups is 1. The summed E-state index contributed by atoms with van der Waals surface area (Å²) >= 11 is 0. The zero-order valence-electron chi connectivity index (χ0n) is 15.4. The zero-order chi connectivity index (χ0) is 19.0. The summed E-state index contributed by atoms with van der Waals surface area (Å²) in [6.45, 7) is 2.01. The van der Waals surface area contributed by atoms with E-state index in [1.807, 2.05) is 44.4 Å². The Kier molecular flexibility index (Phi) is 4.53. The molecule has 3 N–H and O–H groups in total. The molecule has 0 spiro atoms. The average Bonchev–Trinajstić information content (AvgIpc) is 3.26. The molecule has 2 heterocycles. The van der Waals surface area contributed by atoms with E-state index in [-0.39, 0.29) is 24.0 Å². The van der Waals surface area contributed by atoms with Gasteiger partial charge in [0.15, 0.2) is 0 Å². The molecule has 4 rings (SSSR count). The Balaban J connectivity index is 1.60. The Morgan fingerprint density at radius 2 is 2.19 bits per heavy atom. The first-order valence-electron chi connectivity index (χ1n) is 9.09. The van der Waals surface area contributed by atoms with Crippen molar-refractivity contribution in [3.63, 3.8) is 0 Å². The molecule has 1 atom stereocenters.